The average molecular weight is 204 g/mol. The first-order valence-corrected chi connectivity index (χ1v) is 2.46. The summed E-state index contributed by atoms with van der Waals surface area (Å²) in [5.74, 6) is 1.09. The molecule has 2 N–H and O–H groups in total. The zero-order valence-electron chi connectivity index (χ0n) is 5.66. The number of nitrogens with zero attached hydrogens (tertiary/aromatic N) is 1. The monoisotopic (exact) mass is 204 g/mol. The second kappa shape index (κ2) is 7.03. The predicted molar refractivity (Wildman–Crippen MR) is 32.4 cm³/mol. The van der Waals surface area contributed by atoms with Gasteiger partial charge in [0.2, 0.25) is 5.82 Å². The van der Waals surface area contributed by atoms with Crippen LogP contribution >= 0.6 is 0 Å². The number of imidazole rings is 1. The maximum absolute atomic E-state index is 8.25. The van der Waals surface area contributed by atoms with E-state index in [1.54, 1.807) is 0 Å². The van der Waals surface area contributed by atoms with Crippen LogP contribution < -0.4 is 4.98 Å². The minimum Gasteiger partial charge on any atom is -0.356 e. The Kier molecular flexibility index (Phi) is 8.04. The zero-order chi connectivity index (χ0) is 7.98. The number of nitrogens with one attached hydrogen (secondary N) is 2. The molecular formula is C4H7CoN3O3. The van der Waals surface area contributed by atoms with Gasteiger partial charge in [-0.05, 0) is 0 Å². The molecule has 0 aliphatic rings. The van der Waals surface area contributed by atoms with Gasteiger partial charge >= 0.3 is 0 Å². The van der Waals surface area contributed by atoms with Crippen molar-refractivity contribution < 1.29 is 26.8 Å². The smallest absolute Gasteiger partial charge is 0.248 e. The van der Waals surface area contributed by atoms with Crippen LogP contribution in [0, 0.1) is 22.2 Å². The molecule has 1 aromatic rings. The summed E-state index contributed by atoms with van der Waals surface area (Å²) in [7, 11) is 0. The van der Waals surface area contributed by atoms with Gasteiger partial charge in [0.15, 0.2) is 0 Å². The third-order valence-corrected chi connectivity index (χ3v) is 0.683. The van der Waals surface area contributed by atoms with Crippen LogP contribution in [0.3, 0.4) is 0 Å². The average Bonchev–Trinajstić information content (AvgIpc) is 2.15. The van der Waals surface area contributed by atoms with Crippen LogP contribution in [0.1, 0.15) is 5.82 Å². The van der Waals surface area contributed by atoms with Crippen LogP contribution in [0.5, 0.6) is 0 Å². The molecule has 0 saturated heterocycles. The van der Waals surface area contributed by atoms with E-state index in [2.05, 4.69) is 9.97 Å². The van der Waals surface area contributed by atoms with E-state index in [-0.39, 0.29) is 16.8 Å². The molecule has 0 fully saturated rings. The summed E-state index contributed by atoms with van der Waals surface area (Å²) >= 11 is 0. The first kappa shape index (κ1) is 12.6. The summed E-state index contributed by atoms with van der Waals surface area (Å²) in [5.41, 5.74) is 0. The van der Waals surface area contributed by atoms with E-state index in [0.717, 1.165) is 5.82 Å². The van der Waals surface area contributed by atoms with Crippen molar-refractivity contribution in [1.82, 2.24) is 4.98 Å². The fourth-order valence-corrected chi connectivity index (χ4v) is 0.375. The second-order valence-corrected chi connectivity index (χ2v) is 1.47. The SMILES string of the molecule is Cc1[nH]cc[nH+]1.O=[N+]([O-])[O-].[Co]. The molecule has 6 nitrogen and oxygen atoms in total. The van der Waals surface area contributed by atoms with Crippen LogP contribution in [0.25, 0.3) is 0 Å². The molecular weight excluding hydrogens is 197 g/mol. The van der Waals surface area contributed by atoms with Crippen LogP contribution in [-0.2, 0) is 16.8 Å². The molecule has 7 heteroatoms. The third kappa shape index (κ3) is 12.2. The molecule has 65 valence electrons. The summed E-state index contributed by atoms with van der Waals surface area (Å²) in [5, 5.41) is 14.8. The number of rotatable bonds is 0. The molecule has 0 amide bonds. The van der Waals surface area contributed by atoms with Crippen molar-refractivity contribution in [2.75, 3.05) is 0 Å². The molecule has 0 unspecified atom stereocenters. The van der Waals surface area contributed by atoms with Crippen LogP contribution in [0.15, 0.2) is 12.4 Å². The Morgan fingerprint density at radius 1 is 1.64 bits per heavy atom. The Bertz CT molecular complexity index is 184. The quantitative estimate of drug-likeness (QED) is 0.471. The second-order valence-electron chi connectivity index (χ2n) is 1.47. The molecule has 1 aromatic heterocycles. The van der Waals surface area contributed by atoms with Gasteiger partial charge in [-0.1, -0.05) is 0 Å². The van der Waals surface area contributed by atoms with Crippen molar-refractivity contribution in [3.63, 3.8) is 0 Å². The maximum atomic E-state index is 8.25. The summed E-state index contributed by atoms with van der Waals surface area (Å²) in [4.78, 5) is 14.1. The molecule has 0 bridgehead atoms. The fourth-order valence-electron chi connectivity index (χ4n) is 0.375. The Hall–Kier alpha value is -1.08. The van der Waals surface area contributed by atoms with E-state index >= 15 is 0 Å². The van der Waals surface area contributed by atoms with Gasteiger partial charge in [-0.2, -0.15) is 0 Å². The molecule has 0 aliphatic heterocycles. The van der Waals surface area contributed by atoms with E-state index < -0.39 is 5.09 Å². The van der Waals surface area contributed by atoms with Crippen molar-refractivity contribution in [1.29, 1.82) is 0 Å². The number of hydrogen-bond donors (Lipinski definition) is 1. The van der Waals surface area contributed by atoms with Crippen molar-refractivity contribution >= 4 is 0 Å². The van der Waals surface area contributed by atoms with Crippen LogP contribution in [0.2, 0.25) is 0 Å². The van der Waals surface area contributed by atoms with Crippen molar-refractivity contribution in [3.8, 4) is 0 Å². The van der Waals surface area contributed by atoms with Gasteiger partial charge in [0.05, 0.1) is 5.09 Å². The minimum atomic E-state index is -1.75. The van der Waals surface area contributed by atoms with Crippen molar-refractivity contribution in [3.05, 3.63) is 33.5 Å². The van der Waals surface area contributed by atoms with Crippen LogP contribution in [-0.4, -0.2) is 10.1 Å². The van der Waals surface area contributed by atoms with E-state index in [1.807, 2.05) is 19.3 Å². The largest absolute Gasteiger partial charge is 0.356 e. The molecule has 0 spiro atoms. The molecule has 11 heavy (non-hydrogen) atoms. The Labute approximate surface area is 73.0 Å². The standard InChI is InChI=1S/C4H6N2.Co.NO3/c1-4-5-2-3-6-4;;2-1(3)4/h2-3H,1H3,(H,5,6);;/q;;-1/p+1. The summed E-state index contributed by atoms with van der Waals surface area (Å²) in [6, 6.07) is 0. The number of hydrogen-bond acceptors (Lipinski definition) is 3. The topological polar surface area (TPSA) is 96.1 Å². The molecule has 0 atom stereocenters. The van der Waals surface area contributed by atoms with Crippen molar-refractivity contribution in [2.24, 2.45) is 0 Å². The molecule has 1 rings (SSSR count). The number of H-pyrrole nitrogens is 2. The first-order chi connectivity index (χ1) is 4.63. The van der Waals surface area contributed by atoms with Gasteiger partial charge < -0.3 is 15.3 Å². The van der Waals surface area contributed by atoms with Gasteiger partial charge in [-0.25, -0.2) is 9.97 Å². The van der Waals surface area contributed by atoms with E-state index in [0.29, 0.717) is 0 Å². The molecule has 0 aromatic carbocycles. The minimum absolute atomic E-state index is 0. The van der Waals surface area contributed by atoms with Crippen LogP contribution in [0.4, 0.5) is 0 Å². The molecule has 1 radical (unpaired) electrons. The Morgan fingerprint density at radius 3 is 2.18 bits per heavy atom. The Morgan fingerprint density at radius 2 is 2.09 bits per heavy atom. The van der Waals surface area contributed by atoms with Gasteiger partial charge in [-0.15, -0.1) is 0 Å². The molecule has 0 aliphatic carbocycles. The van der Waals surface area contributed by atoms with Gasteiger partial charge in [0.1, 0.15) is 12.4 Å². The van der Waals surface area contributed by atoms with Gasteiger partial charge in [0, 0.05) is 23.7 Å². The zero-order valence-corrected chi connectivity index (χ0v) is 6.70. The first-order valence-electron chi connectivity index (χ1n) is 2.46. The predicted octanol–water partition coefficient (Wildman–Crippen LogP) is -0.104. The van der Waals surface area contributed by atoms with Gasteiger partial charge in [-0.3, -0.25) is 0 Å². The number of aromatic amines is 2. The molecule has 1 heterocycles. The number of aryl methyl sites for hydroxylation is 1. The van der Waals surface area contributed by atoms with E-state index in [4.69, 9.17) is 15.3 Å². The third-order valence-electron chi connectivity index (χ3n) is 0.683. The number of aromatic nitrogens is 2. The van der Waals surface area contributed by atoms with Gasteiger partial charge in [0.25, 0.3) is 0 Å². The fraction of sp³-hybridized carbons (Fsp3) is 0.250. The van der Waals surface area contributed by atoms with Crippen molar-refractivity contribution in [2.45, 2.75) is 6.92 Å². The summed E-state index contributed by atoms with van der Waals surface area (Å²) < 4.78 is 0. The maximum Gasteiger partial charge on any atom is 0.248 e. The van der Waals surface area contributed by atoms with E-state index in [9.17, 15) is 0 Å². The summed E-state index contributed by atoms with van der Waals surface area (Å²) in [6.45, 7) is 1.97. The Balaban J connectivity index is 0. The summed E-state index contributed by atoms with van der Waals surface area (Å²) in [6.07, 6.45) is 3.71. The molecule has 0 saturated carbocycles. The van der Waals surface area contributed by atoms with E-state index in [1.165, 1.54) is 0 Å². The normalized spacial score (nSPS) is 7.00.